The molecular formula is C13H18BrFO2S. The molecule has 0 aliphatic carbocycles. The first-order chi connectivity index (χ1) is 8.36. The SMILES string of the molecule is CC(C)S(=O)(=O)CCC(CBr)c1ccc(F)cc1. The number of hydrogen-bond donors (Lipinski definition) is 0. The molecule has 2 nitrogen and oxygen atoms in total. The van der Waals surface area contributed by atoms with Crippen LogP contribution in [0.4, 0.5) is 4.39 Å². The van der Waals surface area contributed by atoms with Crippen LogP contribution in [0.2, 0.25) is 0 Å². The Hall–Kier alpha value is -0.420. The van der Waals surface area contributed by atoms with Crippen molar-refractivity contribution in [3.05, 3.63) is 35.6 Å². The molecular weight excluding hydrogens is 319 g/mol. The van der Waals surface area contributed by atoms with Gasteiger partial charge in [0, 0.05) is 5.33 Å². The van der Waals surface area contributed by atoms with Crippen LogP contribution in [0.15, 0.2) is 24.3 Å². The first-order valence-electron chi connectivity index (χ1n) is 5.90. The maximum absolute atomic E-state index is 12.8. The molecule has 0 spiro atoms. The van der Waals surface area contributed by atoms with Crippen molar-refractivity contribution in [2.45, 2.75) is 31.4 Å². The lowest BCUT2D eigenvalue weighted by molar-refractivity contribution is 0.580. The van der Waals surface area contributed by atoms with E-state index < -0.39 is 9.84 Å². The summed E-state index contributed by atoms with van der Waals surface area (Å²) in [6, 6.07) is 6.23. The molecule has 0 saturated carbocycles. The molecule has 1 aromatic carbocycles. The van der Waals surface area contributed by atoms with Gasteiger partial charge in [-0.3, -0.25) is 0 Å². The molecule has 18 heavy (non-hydrogen) atoms. The Labute approximate surface area is 117 Å². The highest BCUT2D eigenvalue weighted by Crippen LogP contribution is 2.23. The van der Waals surface area contributed by atoms with E-state index in [-0.39, 0.29) is 22.7 Å². The van der Waals surface area contributed by atoms with Crippen LogP contribution >= 0.6 is 15.9 Å². The molecule has 0 N–H and O–H groups in total. The molecule has 0 aliphatic heterocycles. The first-order valence-corrected chi connectivity index (χ1v) is 8.73. The lowest BCUT2D eigenvalue weighted by Crippen LogP contribution is -2.19. The summed E-state index contributed by atoms with van der Waals surface area (Å²) in [6.45, 7) is 3.38. The summed E-state index contributed by atoms with van der Waals surface area (Å²) in [5, 5.41) is 0.327. The van der Waals surface area contributed by atoms with E-state index in [1.54, 1.807) is 26.0 Å². The molecule has 5 heteroatoms. The topological polar surface area (TPSA) is 34.1 Å². The number of rotatable bonds is 6. The van der Waals surface area contributed by atoms with E-state index in [4.69, 9.17) is 0 Å². The van der Waals surface area contributed by atoms with Crippen molar-refractivity contribution >= 4 is 25.8 Å². The normalized spacial score (nSPS) is 13.8. The van der Waals surface area contributed by atoms with Crippen LogP contribution in [0, 0.1) is 5.82 Å². The fourth-order valence-corrected chi connectivity index (χ4v) is 3.39. The molecule has 1 atom stereocenters. The Morgan fingerprint density at radius 3 is 2.22 bits per heavy atom. The highest BCUT2D eigenvalue weighted by molar-refractivity contribution is 9.09. The van der Waals surface area contributed by atoms with E-state index >= 15 is 0 Å². The highest BCUT2D eigenvalue weighted by Gasteiger charge is 2.19. The van der Waals surface area contributed by atoms with Crippen LogP contribution in [0.5, 0.6) is 0 Å². The fraction of sp³-hybridized carbons (Fsp3) is 0.538. The summed E-state index contributed by atoms with van der Waals surface area (Å²) in [6.07, 6.45) is 0.553. The van der Waals surface area contributed by atoms with Crippen LogP contribution in [0.1, 0.15) is 31.7 Å². The van der Waals surface area contributed by atoms with Crippen LogP contribution in [0.25, 0.3) is 0 Å². The maximum Gasteiger partial charge on any atom is 0.152 e. The van der Waals surface area contributed by atoms with Crippen molar-refractivity contribution in [1.29, 1.82) is 0 Å². The first kappa shape index (κ1) is 15.6. The van der Waals surface area contributed by atoms with Gasteiger partial charge in [-0.2, -0.15) is 0 Å². The average Bonchev–Trinajstić information content (AvgIpc) is 2.31. The quantitative estimate of drug-likeness (QED) is 0.745. The molecule has 0 fully saturated rings. The van der Waals surface area contributed by atoms with Crippen molar-refractivity contribution in [2.24, 2.45) is 0 Å². The van der Waals surface area contributed by atoms with E-state index in [2.05, 4.69) is 15.9 Å². The third-order valence-corrected chi connectivity index (χ3v) is 6.02. The lowest BCUT2D eigenvalue weighted by Gasteiger charge is -2.15. The van der Waals surface area contributed by atoms with Gasteiger partial charge in [-0.1, -0.05) is 28.1 Å². The van der Waals surface area contributed by atoms with Gasteiger partial charge in [0.25, 0.3) is 0 Å². The zero-order valence-electron chi connectivity index (χ0n) is 10.6. The van der Waals surface area contributed by atoms with Gasteiger partial charge in [-0.15, -0.1) is 0 Å². The van der Waals surface area contributed by atoms with Crippen LogP contribution < -0.4 is 0 Å². The predicted molar refractivity (Wildman–Crippen MR) is 76.5 cm³/mol. The number of benzene rings is 1. The van der Waals surface area contributed by atoms with Gasteiger partial charge >= 0.3 is 0 Å². The second-order valence-electron chi connectivity index (χ2n) is 4.61. The number of halogens is 2. The summed E-state index contributed by atoms with van der Waals surface area (Å²) in [5.41, 5.74) is 0.965. The lowest BCUT2D eigenvalue weighted by atomic mass is 9.99. The third-order valence-electron chi connectivity index (χ3n) is 3.00. The Kier molecular flexibility index (Phi) is 5.79. The van der Waals surface area contributed by atoms with Gasteiger partial charge in [-0.25, -0.2) is 12.8 Å². The fourth-order valence-electron chi connectivity index (χ4n) is 1.61. The van der Waals surface area contributed by atoms with Crippen LogP contribution in [-0.2, 0) is 9.84 Å². The summed E-state index contributed by atoms with van der Waals surface area (Å²) in [5.74, 6) is -0.0146. The van der Waals surface area contributed by atoms with Gasteiger partial charge in [0.05, 0.1) is 11.0 Å². The Balaban J connectivity index is 2.72. The second kappa shape index (κ2) is 6.66. The summed E-state index contributed by atoms with van der Waals surface area (Å²) in [4.78, 5) is 0. The van der Waals surface area contributed by atoms with Crippen molar-refractivity contribution < 1.29 is 12.8 Å². The minimum atomic E-state index is -3.01. The van der Waals surface area contributed by atoms with Crippen molar-refractivity contribution in [2.75, 3.05) is 11.1 Å². The number of sulfone groups is 1. The van der Waals surface area contributed by atoms with Gasteiger partial charge in [0.1, 0.15) is 5.82 Å². The van der Waals surface area contributed by atoms with E-state index in [1.807, 2.05) is 0 Å². The zero-order chi connectivity index (χ0) is 13.8. The molecule has 1 rings (SSSR count). The molecule has 0 amide bonds. The van der Waals surface area contributed by atoms with Crippen LogP contribution in [-0.4, -0.2) is 24.8 Å². The molecule has 0 saturated heterocycles. The highest BCUT2D eigenvalue weighted by atomic mass is 79.9. The van der Waals surface area contributed by atoms with Gasteiger partial charge in [0.2, 0.25) is 0 Å². The smallest absolute Gasteiger partial charge is 0.152 e. The zero-order valence-corrected chi connectivity index (χ0v) is 13.0. The monoisotopic (exact) mass is 336 g/mol. The molecule has 102 valence electrons. The minimum Gasteiger partial charge on any atom is -0.229 e. The number of alkyl halides is 1. The Bertz CT molecular complexity index is 468. The summed E-state index contributed by atoms with van der Waals surface area (Å²) in [7, 11) is -3.01. The van der Waals surface area contributed by atoms with Gasteiger partial charge in [-0.05, 0) is 43.9 Å². The van der Waals surface area contributed by atoms with E-state index in [0.717, 1.165) is 5.56 Å². The van der Waals surface area contributed by atoms with Gasteiger partial charge in [0.15, 0.2) is 9.84 Å². The van der Waals surface area contributed by atoms with E-state index in [9.17, 15) is 12.8 Å². The number of hydrogen-bond acceptors (Lipinski definition) is 2. The average molecular weight is 337 g/mol. The molecule has 0 aliphatic rings. The maximum atomic E-state index is 12.8. The molecule has 0 radical (unpaired) electrons. The predicted octanol–water partition coefficient (Wildman–Crippen LogP) is 3.52. The third kappa shape index (κ3) is 4.35. The molecule has 1 unspecified atom stereocenters. The van der Waals surface area contributed by atoms with Crippen molar-refractivity contribution in [1.82, 2.24) is 0 Å². The van der Waals surface area contributed by atoms with E-state index in [0.29, 0.717) is 11.8 Å². The van der Waals surface area contributed by atoms with E-state index in [1.165, 1.54) is 12.1 Å². The Morgan fingerprint density at radius 1 is 1.22 bits per heavy atom. The standard InChI is InChI=1S/C13H18BrFO2S/c1-10(2)18(16,17)8-7-12(9-14)11-3-5-13(15)6-4-11/h3-6,10,12H,7-9H2,1-2H3. The molecule has 0 aromatic heterocycles. The van der Waals surface area contributed by atoms with Crippen LogP contribution in [0.3, 0.4) is 0 Å². The van der Waals surface area contributed by atoms with Crippen molar-refractivity contribution in [3.8, 4) is 0 Å². The molecule has 0 bridgehead atoms. The van der Waals surface area contributed by atoms with Crippen molar-refractivity contribution in [3.63, 3.8) is 0 Å². The second-order valence-corrected chi connectivity index (χ2v) is 7.93. The summed E-state index contributed by atoms with van der Waals surface area (Å²) < 4.78 is 36.3. The Morgan fingerprint density at radius 2 is 1.78 bits per heavy atom. The molecule has 1 aromatic rings. The molecule has 0 heterocycles. The van der Waals surface area contributed by atoms with Gasteiger partial charge < -0.3 is 0 Å². The summed E-state index contributed by atoms with van der Waals surface area (Å²) >= 11 is 3.39. The largest absolute Gasteiger partial charge is 0.229 e. The minimum absolute atomic E-state index is 0.0964.